The Kier molecular flexibility index (Phi) is 5.47. The van der Waals surface area contributed by atoms with Crippen molar-refractivity contribution < 1.29 is 39.1 Å². The Morgan fingerprint density at radius 3 is 2.27 bits per heavy atom. The summed E-state index contributed by atoms with van der Waals surface area (Å²) in [6.45, 7) is 1.54. The maximum atomic E-state index is 12.0. The summed E-state index contributed by atoms with van der Waals surface area (Å²) in [5, 5.41) is 29.0. The van der Waals surface area contributed by atoms with Gasteiger partial charge in [-0.3, -0.25) is 0 Å². The molecular formula is C17H15ClO8. The van der Waals surface area contributed by atoms with Crippen molar-refractivity contribution in [2.24, 2.45) is 0 Å². The first kappa shape index (κ1) is 19.2. The van der Waals surface area contributed by atoms with Gasteiger partial charge in [0.2, 0.25) is 0 Å². The number of aromatic hydroxyl groups is 2. The topological polar surface area (TPSA) is 123 Å². The van der Waals surface area contributed by atoms with E-state index in [1.807, 2.05) is 0 Å². The third-order valence-corrected chi connectivity index (χ3v) is 3.95. The van der Waals surface area contributed by atoms with Gasteiger partial charge < -0.3 is 29.5 Å². The van der Waals surface area contributed by atoms with Crippen LogP contribution >= 0.6 is 11.6 Å². The van der Waals surface area contributed by atoms with Crippen molar-refractivity contribution in [2.45, 2.75) is 6.92 Å². The summed E-state index contributed by atoms with van der Waals surface area (Å²) in [4.78, 5) is 23.5. The molecule has 0 spiro atoms. The number of halogens is 1. The molecule has 0 unspecified atom stereocenters. The second kappa shape index (κ2) is 7.40. The van der Waals surface area contributed by atoms with Crippen molar-refractivity contribution >= 4 is 23.5 Å². The van der Waals surface area contributed by atoms with Gasteiger partial charge in [-0.05, 0) is 24.6 Å². The third kappa shape index (κ3) is 3.45. The zero-order chi connectivity index (χ0) is 19.6. The smallest absolute Gasteiger partial charge is 0.343 e. The molecule has 0 saturated carbocycles. The number of esters is 1. The van der Waals surface area contributed by atoms with E-state index in [1.165, 1.54) is 26.2 Å². The molecule has 3 N–H and O–H groups in total. The van der Waals surface area contributed by atoms with Gasteiger partial charge in [-0.1, -0.05) is 11.6 Å². The van der Waals surface area contributed by atoms with Crippen LogP contribution in [-0.2, 0) is 4.74 Å². The number of phenols is 2. The number of carboxylic acids is 1. The molecule has 9 heteroatoms. The van der Waals surface area contributed by atoms with E-state index in [1.54, 1.807) is 0 Å². The van der Waals surface area contributed by atoms with Crippen molar-refractivity contribution in [3.05, 3.63) is 39.9 Å². The molecule has 0 saturated heterocycles. The summed E-state index contributed by atoms with van der Waals surface area (Å²) in [7, 11) is 2.40. The molecule has 0 bridgehead atoms. The van der Waals surface area contributed by atoms with Crippen LogP contribution in [0.2, 0.25) is 5.02 Å². The molecule has 0 radical (unpaired) electrons. The SMILES string of the molecule is COC(=O)c1cc(O)cc(OC)c1Oc1cc(C)c(Cl)c(O)c1C(=O)O. The van der Waals surface area contributed by atoms with Crippen molar-refractivity contribution in [1.82, 2.24) is 0 Å². The molecule has 0 aromatic heterocycles. The maximum Gasteiger partial charge on any atom is 0.343 e. The van der Waals surface area contributed by atoms with Gasteiger partial charge in [-0.2, -0.15) is 0 Å². The Hall–Kier alpha value is -3.13. The highest BCUT2D eigenvalue weighted by molar-refractivity contribution is 6.33. The summed E-state index contributed by atoms with van der Waals surface area (Å²) in [5.41, 5.74) is -0.444. The Morgan fingerprint density at radius 1 is 1.08 bits per heavy atom. The Morgan fingerprint density at radius 2 is 1.73 bits per heavy atom. The van der Waals surface area contributed by atoms with Gasteiger partial charge in [0.15, 0.2) is 17.2 Å². The molecular weight excluding hydrogens is 368 g/mol. The molecule has 138 valence electrons. The van der Waals surface area contributed by atoms with E-state index >= 15 is 0 Å². The lowest BCUT2D eigenvalue weighted by Gasteiger charge is -2.17. The molecule has 0 aliphatic rings. The first-order valence-corrected chi connectivity index (χ1v) is 7.51. The van der Waals surface area contributed by atoms with Crippen molar-refractivity contribution in [1.29, 1.82) is 0 Å². The molecule has 26 heavy (non-hydrogen) atoms. The number of carboxylic acid groups (broad SMARTS) is 1. The summed E-state index contributed by atoms with van der Waals surface area (Å²) in [6.07, 6.45) is 0. The van der Waals surface area contributed by atoms with Gasteiger partial charge in [-0.25, -0.2) is 9.59 Å². The normalized spacial score (nSPS) is 10.3. The number of carbonyl (C=O) groups excluding carboxylic acids is 1. The molecule has 0 aliphatic heterocycles. The fraction of sp³-hybridized carbons (Fsp3) is 0.176. The van der Waals surface area contributed by atoms with Crippen LogP contribution in [0.15, 0.2) is 18.2 Å². The summed E-state index contributed by atoms with van der Waals surface area (Å²) >= 11 is 5.88. The van der Waals surface area contributed by atoms with E-state index in [9.17, 15) is 24.9 Å². The average molecular weight is 383 g/mol. The Labute approximate surface area is 153 Å². The molecule has 8 nitrogen and oxygen atoms in total. The number of ether oxygens (including phenoxy) is 3. The number of rotatable bonds is 5. The van der Waals surface area contributed by atoms with E-state index in [0.29, 0.717) is 5.56 Å². The van der Waals surface area contributed by atoms with E-state index in [4.69, 9.17) is 21.1 Å². The second-order valence-electron chi connectivity index (χ2n) is 5.15. The summed E-state index contributed by atoms with van der Waals surface area (Å²) in [6, 6.07) is 3.54. The Bertz CT molecular complexity index is 891. The number of aromatic carboxylic acids is 1. The van der Waals surface area contributed by atoms with E-state index in [2.05, 4.69) is 4.74 Å². The zero-order valence-corrected chi connectivity index (χ0v) is 14.7. The van der Waals surface area contributed by atoms with Gasteiger partial charge in [0, 0.05) is 6.07 Å². The second-order valence-corrected chi connectivity index (χ2v) is 5.53. The molecule has 0 amide bonds. The fourth-order valence-corrected chi connectivity index (χ4v) is 2.40. The lowest BCUT2D eigenvalue weighted by Crippen LogP contribution is -2.07. The van der Waals surface area contributed by atoms with E-state index in [0.717, 1.165) is 13.2 Å². The maximum absolute atomic E-state index is 12.0. The van der Waals surface area contributed by atoms with Crippen LogP contribution in [0.25, 0.3) is 0 Å². The van der Waals surface area contributed by atoms with Crippen LogP contribution in [-0.4, -0.2) is 41.5 Å². The highest BCUT2D eigenvalue weighted by Crippen LogP contribution is 2.43. The quantitative estimate of drug-likeness (QED) is 0.673. The largest absolute Gasteiger partial charge is 0.508 e. The van der Waals surface area contributed by atoms with Gasteiger partial charge >= 0.3 is 11.9 Å². The van der Waals surface area contributed by atoms with Crippen molar-refractivity contribution in [3.8, 4) is 28.7 Å². The van der Waals surface area contributed by atoms with Crippen LogP contribution < -0.4 is 9.47 Å². The number of phenolic OH excluding ortho intramolecular Hbond substituents is 1. The number of methoxy groups -OCH3 is 2. The first-order valence-electron chi connectivity index (χ1n) is 7.13. The molecule has 2 aromatic rings. The zero-order valence-electron chi connectivity index (χ0n) is 14.0. The predicted molar refractivity (Wildman–Crippen MR) is 90.9 cm³/mol. The van der Waals surface area contributed by atoms with Crippen LogP contribution in [0, 0.1) is 6.92 Å². The molecule has 2 rings (SSSR count). The van der Waals surface area contributed by atoms with Gasteiger partial charge in [0.1, 0.15) is 22.6 Å². The monoisotopic (exact) mass is 382 g/mol. The lowest BCUT2D eigenvalue weighted by atomic mass is 10.1. The number of hydrogen-bond acceptors (Lipinski definition) is 7. The molecule has 0 fully saturated rings. The highest BCUT2D eigenvalue weighted by atomic mass is 35.5. The third-order valence-electron chi connectivity index (χ3n) is 3.48. The van der Waals surface area contributed by atoms with Crippen molar-refractivity contribution in [3.63, 3.8) is 0 Å². The number of hydrogen-bond donors (Lipinski definition) is 3. The number of aryl methyl sites for hydroxylation is 1. The fourth-order valence-electron chi connectivity index (χ4n) is 2.25. The highest BCUT2D eigenvalue weighted by Gasteiger charge is 2.26. The minimum atomic E-state index is -1.49. The molecule has 2 aromatic carbocycles. The summed E-state index contributed by atoms with van der Waals surface area (Å²) in [5.74, 6) is -3.81. The molecule has 0 aliphatic carbocycles. The van der Waals surface area contributed by atoms with E-state index in [-0.39, 0.29) is 33.6 Å². The summed E-state index contributed by atoms with van der Waals surface area (Å²) < 4.78 is 15.3. The van der Waals surface area contributed by atoms with Crippen LogP contribution in [0.5, 0.6) is 28.7 Å². The minimum Gasteiger partial charge on any atom is -0.508 e. The standard InChI is InChI=1S/C17H15ClO8/c1-7-4-10(12(16(21)22)14(20)13(7)18)26-15-9(17(23)25-3)5-8(19)6-11(15)24-2/h4-6,19-20H,1-3H3,(H,21,22). The minimum absolute atomic E-state index is 0.0474. The number of carbonyl (C=O) groups is 2. The van der Waals surface area contributed by atoms with Crippen molar-refractivity contribution in [2.75, 3.05) is 14.2 Å². The molecule has 0 heterocycles. The van der Waals surface area contributed by atoms with Gasteiger partial charge in [0.25, 0.3) is 0 Å². The number of benzene rings is 2. The van der Waals surface area contributed by atoms with Gasteiger partial charge in [0.05, 0.1) is 19.2 Å². The van der Waals surface area contributed by atoms with Crippen LogP contribution in [0.4, 0.5) is 0 Å². The van der Waals surface area contributed by atoms with Crippen LogP contribution in [0.1, 0.15) is 26.3 Å². The lowest BCUT2D eigenvalue weighted by molar-refractivity contribution is 0.0596. The van der Waals surface area contributed by atoms with Crippen LogP contribution in [0.3, 0.4) is 0 Å². The predicted octanol–water partition coefficient (Wildman–Crippen LogP) is 3.35. The average Bonchev–Trinajstić information content (AvgIpc) is 2.59. The Balaban J connectivity index is 2.73. The van der Waals surface area contributed by atoms with E-state index < -0.39 is 23.3 Å². The molecule has 0 atom stereocenters. The van der Waals surface area contributed by atoms with Gasteiger partial charge in [-0.15, -0.1) is 0 Å². The first-order chi connectivity index (χ1) is 12.2.